The molecule has 2 aromatic rings. The maximum atomic E-state index is 12.3. The zero-order valence-corrected chi connectivity index (χ0v) is 15.0. The number of carbonyl (C=O) groups is 1. The molecule has 116 valence electrons. The molecule has 1 atom stereocenters. The van der Waals surface area contributed by atoms with Crippen LogP contribution in [0.3, 0.4) is 0 Å². The molecule has 0 aliphatic rings. The largest absolute Gasteiger partial charge is 0.480 e. The number of benzene rings is 2. The van der Waals surface area contributed by atoms with Crippen molar-refractivity contribution in [2.75, 3.05) is 5.32 Å². The Hall–Kier alpha value is -1.52. The van der Waals surface area contributed by atoms with Gasteiger partial charge in [-0.2, -0.15) is 0 Å². The molecule has 0 spiro atoms. The summed E-state index contributed by atoms with van der Waals surface area (Å²) >= 11 is 9.49. The number of anilines is 1. The maximum absolute atomic E-state index is 12.3. The summed E-state index contributed by atoms with van der Waals surface area (Å²) in [5.41, 5.74) is 2.53. The minimum absolute atomic E-state index is 0.241. The van der Waals surface area contributed by atoms with E-state index < -0.39 is 6.10 Å². The predicted molar refractivity (Wildman–Crippen MR) is 93.8 cm³/mol. The van der Waals surface area contributed by atoms with Crippen LogP contribution in [0.15, 0.2) is 40.9 Å². The van der Waals surface area contributed by atoms with Crippen molar-refractivity contribution in [3.63, 3.8) is 0 Å². The van der Waals surface area contributed by atoms with E-state index in [1.165, 1.54) is 0 Å². The van der Waals surface area contributed by atoms with Gasteiger partial charge in [0.2, 0.25) is 0 Å². The third kappa shape index (κ3) is 4.02. The van der Waals surface area contributed by atoms with Gasteiger partial charge in [0.1, 0.15) is 5.75 Å². The Morgan fingerprint density at radius 1 is 1.23 bits per heavy atom. The summed E-state index contributed by atoms with van der Waals surface area (Å²) in [6.07, 6.45) is -0.630. The first kappa shape index (κ1) is 16.8. The topological polar surface area (TPSA) is 38.3 Å². The number of ether oxygens (including phenoxy) is 1. The van der Waals surface area contributed by atoms with Gasteiger partial charge in [-0.05, 0) is 56.2 Å². The van der Waals surface area contributed by atoms with E-state index in [0.29, 0.717) is 10.7 Å². The lowest BCUT2D eigenvalue weighted by atomic mass is 10.1. The van der Waals surface area contributed by atoms with Gasteiger partial charge in [-0.3, -0.25) is 4.79 Å². The van der Waals surface area contributed by atoms with Crippen LogP contribution in [0.25, 0.3) is 0 Å². The molecule has 0 aromatic heterocycles. The molecular weight excluding hydrogens is 366 g/mol. The van der Waals surface area contributed by atoms with Crippen LogP contribution in [0, 0.1) is 13.8 Å². The van der Waals surface area contributed by atoms with Crippen LogP contribution in [0.2, 0.25) is 5.02 Å². The molecule has 2 rings (SSSR count). The Morgan fingerprint density at radius 2 is 1.82 bits per heavy atom. The molecule has 0 bridgehead atoms. The highest BCUT2D eigenvalue weighted by atomic mass is 79.9. The van der Waals surface area contributed by atoms with Crippen molar-refractivity contribution >= 4 is 39.1 Å². The normalized spacial score (nSPS) is 11.9. The highest BCUT2D eigenvalue weighted by molar-refractivity contribution is 9.10. The average Bonchev–Trinajstić information content (AvgIpc) is 2.45. The zero-order chi connectivity index (χ0) is 16.3. The molecule has 0 aliphatic heterocycles. The molecule has 22 heavy (non-hydrogen) atoms. The molecule has 1 N–H and O–H groups in total. The van der Waals surface area contributed by atoms with Gasteiger partial charge in [-0.1, -0.05) is 39.7 Å². The van der Waals surface area contributed by atoms with Crippen LogP contribution in [0.5, 0.6) is 5.75 Å². The van der Waals surface area contributed by atoms with E-state index in [1.807, 2.05) is 38.1 Å². The number of amides is 1. The molecular formula is C17H17BrClNO2. The summed E-state index contributed by atoms with van der Waals surface area (Å²) in [6.45, 7) is 5.62. The molecule has 0 heterocycles. The first-order valence-electron chi connectivity index (χ1n) is 6.87. The van der Waals surface area contributed by atoms with Crippen molar-refractivity contribution in [3.8, 4) is 5.75 Å². The third-order valence-corrected chi connectivity index (χ3v) is 4.01. The van der Waals surface area contributed by atoms with E-state index in [9.17, 15) is 4.79 Å². The van der Waals surface area contributed by atoms with E-state index >= 15 is 0 Å². The van der Waals surface area contributed by atoms with Gasteiger partial charge >= 0.3 is 0 Å². The van der Waals surface area contributed by atoms with Crippen molar-refractivity contribution in [3.05, 3.63) is 57.0 Å². The number of hydrogen-bond acceptors (Lipinski definition) is 2. The lowest BCUT2D eigenvalue weighted by Crippen LogP contribution is -2.30. The lowest BCUT2D eigenvalue weighted by Gasteiger charge is -2.18. The second-order valence-electron chi connectivity index (χ2n) is 5.10. The summed E-state index contributed by atoms with van der Waals surface area (Å²) in [7, 11) is 0. The second kappa shape index (κ2) is 7.16. The minimum atomic E-state index is -0.630. The third-order valence-electron chi connectivity index (χ3n) is 3.22. The van der Waals surface area contributed by atoms with E-state index in [0.717, 1.165) is 21.3 Å². The lowest BCUT2D eigenvalue weighted by molar-refractivity contribution is -0.122. The van der Waals surface area contributed by atoms with Crippen molar-refractivity contribution in [2.45, 2.75) is 26.9 Å². The SMILES string of the molecule is Cc1cc(Br)cc(C)c1OC(C)C(=O)Nc1ccccc1Cl. The summed E-state index contributed by atoms with van der Waals surface area (Å²) < 4.78 is 6.82. The Bertz CT molecular complexity index is 680. The van der Waals surface area contributed by atoms with Crippen molar-refractivity contribution in [1.29, 1.82) is 0 Å². The van der Waals surface area contributed by atoms with Crippen LogP contribution in [0.1, 0.15) is 18.1 Å². The Kier molecular flexibility index (Phi) is 5.48. The highest BCUT2D eigenvalue weighted by Gasteiger charge is 2.18. The molecule has 2 aromatic carbocycles. The van der Waals surface area contributed by atoms with Gasteiger partial charge in [0.15, 0.2) is 6.10 Å². The monoisotopic (exact) mass is 381 g/mol. The Balaban J connectivity index is 2.11. The van der Waals surface area contributed by atoms with Gasteiger partial charge in [0.05, 0.1) is 10.7 Å². The van der Waals surface area contributed by atoms with Gasteiger partial charge < -0.3 is 10.1 Å². The van der Waals surface area contributed by atoms with Crippen LogP contribution in [0.4, 0.5) is 5.69 Å². The molecule has 0 fully saturated rings. The average molecular weight is 383 g/mol. The number of halogens is 2. The summed E-state index contributed by atoms with van der Waals surface area (Å²) in [5, 5.41) is 3.27. The first-order chi connectivity index (χ1) is 10.4. The van der Waals surface area contributed by atoms with Gasteiger partial charge in [0, 0.05) is 4.47 Å². The second-order valence-corrected chi connectivity index (χ2v) is 6.42. The minimum Gasteiger partial charge on any atom is -0.480 e. The molecule has 0 saturated carbocycles. The van der Waals surface area contributed by atoms with E-state index in [1.54, 1.807) is 19.1 Å². The number of para-hydroxylation sites is 1. The van der Waals surface area contributed by atoms with Crippen LogP contribution >= 0.6 is 27.5 Å². The summed E-state index contributed by atoms with van der Waals surface area (Å²) in [6, 6.07) is 11.0. The molecule has 0 saturated heterocycles. The Labute approximate surface area is 143 Å². The van der Waals surface area contributed by atoms with Crippen LogP contribution in [-0.4, -0.2) is 12.0 Å². The van der Waals surface area contributed by atoms with Crippen molar-refractivity contribution < 1.29 is 9.53 Å². The maximum Gasteiger partial charge on any atom is 0.265 e. The number of aryl methyl sites for hydroxylation is 2. The van der Waals surface area contributed by atoms with Crippen LogP contribution < -0.4 is 10.1 Å². The molecule has 0 aliphatic carbocycles. The first-order valence-corrected chi connectivity index (χ1v) is 8.04. The summed E-state index contributed by atoms with van der Waals surface area (Å²) in [5.74, 6) is 0.486. The van der Waals surface area contributed by atoms with Gasteiger partial charge in [-0.15, -0.1) is 0 Å². The predicted octanol–water partition coefficient (Wildman–Crippen LogP) is 5.13. The molecule has 3 nitrogen and oxygen atoms in total. The number of rotatable bonds is 4. The fraction of sp³-hybridized carbons (Fsp3) is 0.235. The van der Waals surface area contributed by atoms with Crippen molar-refractivity contribution in [2.24, 2.45) is 0 Å². The highest BCUT2D eigenvalue weighted by Crippen LogP contribution is 2.28. The van der Waals surface area contributed by atoms with E-state index in [4.69, 9.17) is 16.3 Å². The van der Waals surface area contributed by atoms with E-state index in [-0.39, 0.29) is 5.91 Å². The molecule has 0 radical (unpaired) electrons. The van der Waals surface area contributed by atoms with E-state index in [2.05, 4.69) is 21.2 Å². The molecule has 1 amide bonds. The standard InChI is InChI=1S/C17H17BrClNO2/c1-10-8-13(18)9-11(2)16(10)22-12(3)17(21)20-15-7-5-4-6-14(15)19/h4-9,12H,1-3H3,(H,20,21). The van der Waals surface area contributed by atoms with Gasteiger partial charge in [0.25, 0.3) is 5.91 Å². The summed E-state index contributed by atoms with van der Waals surface area (Å²) in [4.78, 5) is 12.3. The number of hydrogen-bond donors (Lipinski definition) is 1. The zero-order valence-electron chi connectivity index (χ0n) is 12.6. The van der Waals surface area contributed by atoms with Crippen LogP contribution in [-0.2, 0) is 4.79 Å². The number of carbonyl (C=O) groups excluding carboxylic acids is 1. The fourth-order valence-electron chi connectivity index (χ4n) is 2.11. The fourth-order valence-corrected chi connectivity index (χ4v) is 2.98. The van der Waals surface area contributed by atoms with Gasteiger partial charge in [-0.25, -0.2) is 0 Å². The Morgan fingerprint density at radius 3 is 2.41 bits per heavy atom. The smallest absolute Gasteiger partial charge is 0.265 e. The van der Waals surface area contributed by atoms with Crippen molar-refractivity contribution in [1.82, 2.24) is 0 Å². The molecule has 5 heteroatoms. The molecule has 1 unspecified atom stereocenters. The quantitative estimate of drug-likeness (QED) is 0.796. The number of nitrogens with one attached hydrogen (secondary N) is 1.